The maximum Gasteiger partial charge on any atom is 0.217 e. The molecule has 0 aliphatic rings. The van der Waals surface area contributed by atoms with Crippen LogP contribution in [0.1, 0.15) is 5.56 Å². The van der Waals surface area contributed by atoms with Crippen LogP contribution in [0.15, 0.2) is 53.7 Å². The third kappa shape index (κ3) is 3.37. The highest BCUT2D eigenvalue weighted by atomic mass is 32.2. The lowest BCUT2D eigenvalue weighted by Crippen LogP contribution is -2.20. The molecule has 0 aliphatic heterocycles. The first-order valence-corrected chi connectivity index (χ1v) is 9.71. The Kier molecular flexibility index (Phi) is 4.75. The zero-order valence-corrected chi connectivity index (χ0v) is 15.2. The minimum absolute atomic E-state index is 0.172. The topological polar surface area (TPSA) is 83.4 Å². The average molecular weight is 382 g/mol. The van der Waals surface area contributed by atoms with Gasteiger partial charge in [-0.3, -0.25) is 4.40 Å². The van der Waals surface area contributed by atoms with Crippen LogP contribution in [-0.2, 0) is 0 Å². The van der Waals surface area contributed by atoms with Crippen LogP contribution >= 0.6 is 23.1 Å². The SMILES string of the molecule is N#Cc1ccc(OCC(O)CSc2nnc3sc4ccccc4n23)cc1. The molecule has 0 bridgehead atoms. The van der Waals surface area contributed by atoms with Crippen LogP contribution in [-0.4, -0.2) is 38.2 Å². The summed E-state index contributed by atoms with van der Waals surface area (Å²) in [5.41, 5.74) is 1.65. The number of nitriles is 1. The summed E-state index contributed by atoms with van der Waals surface area (Å²) in [6.07, 6.45) is -0.645. The largest absolute Gasteiger partial charge is 0.491 e. The maximum atomic E-state index is 10.2. The first-order valence-electron chi connectivity index (χ1n) is 7.91. The number of benzene rings is 2. The lowest BCUT2D eigenvalue weighted by molar-refractivity contribution is 0.126. The second-order valence-corrected chi connectivity index (χ2v) is 7.58. The Bertz CT molecular complexity index is 1080. The Morgan fingerprint density at radius 3 is 2.81 bits per heavy atom. The Morgan fingerprint density at radius 1 is 1.19 bits per heavy atom. The Morgan fingerprint density at radius 2 is 2.00 bits per heavy atom. The van der Waals surface area contributed by atoms with Crippen molar-refractivity contribution in [3.8, 4) is 11.8 Å². The molecule has 4 rings (SSSR count). The summed E-state index contributed by atoms with van der Waals surface area (Å²) in [4.78, 5) is 0.844. The van der Waals surface area contributed by atoms with E-state index in [1.807, 2.05) is 22.6 Å². The predicted molar refractivity (Wildman–Crippen MR) is 102 cm³/mol. The van der Waals surface area contributed by atoms with Crippen molar-refractivity contribution >= 4 is 38.3 Å². The van der Waals surface area contributed by atoms with Gasteiger partial charge in [0.05, 0.1) is 28.0 Å². The normalized spacial score (nSPS) is 12.3. The summed E-state index contributed by atoms with van der Waals surface area (Å²) in [5, 5.41) is 28.2. The van der Waals surface area contributed by atoms with Crippen molar-refractivity contribution in [2.24, 2.45) is 0 Å². The summed E-state index contributed by atoms with van der Waals surface area (Å²) in [6, 6.07) is 17.0. The highest BCUT2D eigenvalue weighted by Gasteiger charge is 2.14. The van der Waals surface area contributed by atoms with Crippen LogP contribution in [0.4, 0.5) is 0 Å². The molecule has 2 heterocycles. The lowest BCUT2D eigenvalue weighted by atomic mass is 10.2. The molecule has 0 saturated heterocycles. The van der Waals surface area contributed by atoms with Crippen molar-refractivity contribution in [3.63, 3.8) is 0 Å². The minimum Gasteiger partial charge on any atom is -0.491 e. The highest BCUT2D eigenvalue weighted by Crippen LogP contribution is 2.29. The number of para-hydroxylation sites is 1. The van der Waals surface area contributed by atoms with E-state index in [1.165, 1.54) is 11.8 Å². The summed E-state index contributed by atoms with van der Waals surface area (Å²) in [7, 11) is 0. The molecule has 26 heavy (non-hydrogen) atoms. The summed E-state index contributed by atoms with van der Waals surface area (Å²) in [5.74, 6) is 1.07. The van der Waals surface area contributed by atoms with E-state index in [4.69, 9.17) is 10.00 Å². The van der Waals surface area contributed by atoms with Crippen molar-refractivity contribution in [3.05, 3.63) is 54.1 Å². The number of hydrogen-bond acceptors (Lipinski definition) is 7. The minimum atomic E-state index is -0.645. The zero-order valence-electron chi connectivity index (χ0n) is 13.6. The number of ether oxygens (including phenoxy) is 1. The third-order valence-electron chi connectivity index (χ3n) is 3.74. The monoisotopic (exact) mass is 382 g/mol. The van der Waals surface area contributed by atoms with Crippen LogP contribution in [0.2, 0.25) is 0 Å². The van der Waals surface area contributed by atoms with Gasteiger partial charge in [-0.25, -0.2) is 0 Å². The van der Waals surface area contributed by atoms with Gasteiger partial charge in [0.25, 0.3) is 0 Å². The van der Waals surface area contributed by atoms with Gasteiger partial charge in [0.2, 0.25) is 4.96 Å². The van der Waals surface area contributed by atoms with Gasteiger partial charge in [-0.1, -0.05) is 35.2 Å². The van der Waals surface area contributed by atoms with Crippen molar-refractivity contribution < 1.29 is 9.84 Å². The fourth-order valence-corrected chi connectivity index (χ4v) is 4.36. The summed E-state index contributed by atoms with van der Waals surface area (Å²) < 4.78 is 8.74. The van der Waals surface area contributed by atoms with E-state index in [0.717, 1.165) is 20.3 Å². The molecular weight excluding hydrogens is 368 g/mol. The van der Waals surface area contributed by atoms with Crippen LogP contribution in [0.25, 0.3) is 15.2 Å². The molecule has 130 valence electrons. The van der Waals surface area contributed by atoms with Crippen LogP contribution in [0.5, 0.6) is 5.75 Å². The smallest absolute Gasteiger partial charge is 0.217 e. The Hall–Kier alpha value is -2.60. The number of aromatic nitrogens is 3. The number of aliphatic hydroxyl groups is 1. The lowest BCUT2D eigenvalue weighted by Gasteiger charge is -2.11. The van der Waals surface area contributed by atoms with E-state index in [1.54, 1.807) is 35.6 Å². The maximum absolute atomic E-state index is 10.2. The molecule has 0 saturated carbocycles. The van der Waals surface area contributed by atoms with Crippen LogP contribution in [0.3, 0.4) is 0 Å². The van der Waals surface area contributed by atoms with E-state index >= 15 is 0 Å². The summed E-state index contributed by atoms with van der Waals surface area (Å²) >= 11 is 3.04. The van der Waals surface area contributed by atoms with E-state index in [-0.39, 0.29) is 6.61 Å². The van der Waals surface area contributed by atoms with Crippen molar-refractivity contribution in [1.29, 1.82) is 5.26 Å². The molecule has 0 aliphatic carbocycles. The average Bonchev–Trinajstić information content (AvgIpc) is 3.24. The number of rotatable bonds is 6. The molecule has 0 spiro atoms. The quantitative estimate of drug-likeness (QED) is 0.515. The molecule has 1 N–H and O–H groups in total. The van der Waals surface area contributed by atoms with Gasteiger partial charge in [-0.2, -0.15) is 5.26 Å². The van der Waals surface area contributed by atoms with Crippen LogP contribution < -0.4 is 4.74 Å². The van der Waals surface area contributed by atoms with Crippen molar-refractivity contribution in [2.45, 2.75) is 11.3 Å². The van der Waals surface area contributed by atoms with Gasteiger partial charge in [0.15, 0.2) is 5.16 Å². The second kappa shape index (κ2) is 7.33. The van der Waals surface area contributed by atoms with E-state index in [0.29, 0.717) is 17.1 Å². The standard InChI is InChI=1S/C18H14N4O2S2/c19-9-12-5-7-14(8-6-12)24-10-13(23)11-25-17-20-21-18-22(17)15-3-1-2-4-16(15)26-18/h1-8,13,23H,10-11H2. The second-order valence-electron chi connectivity index (χ2n) is 5.58. The molecule has 0 fully saturated rings. The molecule has 1 atom stereocenters. The molecular formula is C18H14N4O2S2. The molecule has 0 amide bonds. The van der Waals surface area contributed by atoms with Gasteiger partial charge in [0, 0.05) is 5.75 Å². The fourth-order valence-electron chi connectivity index (χ4n) is 2.49. The van der Waals surface area contributed by atoms with Gasteiger partial charge < -0.3 is 9.84 Å². The van der Waals surface area contributed by atoms with Gasteiger partial charge in [0.1, 0.15) is 12.4 Å². The molecule has 2 aromatic heterocycles. The third-order valence-corrected chi connectivity index (χ3v) is 5.83. The molecule has 4 aromatic rings. The van der Waals surface area contributed by atoms with Gasteiger partial charge >= 0.3 is 0 Å². The number of fused-ring (bicyclic) bond motifs is 3. The molecule has 0 radical (unpaired) electrons. The first kappa shape index (κ1) is 16.8. The van der Waals surface area contributed by atoms with E-state index < -0.39 is 6.10 Å². The van der Waals surface area contributed by atoms with Gasteiger partial charge in [-0.05, 0) is 36.4 Å². The Labute approximate surface area is 157 Å². The molecule has 8 heteroatoms. The van der Waals surface area contributed by atoms with E-state index in [2.05, 4.69) is 22.3 Å². The van der Waals surface area contributed by atoms with Crippen molar-refractivity contribution in [2.75, 3.05) is 12.4 Å². The number of thiazole rings is 1. The number of nitrogens with zero attached hydrogens (tertiary/aromatic N) is 4. The Balaban J connectivity index is 1.39. The molecule has 2 aromatic carbocycles. The number of hydrogen-bond donors (Lipinski definition) is 1. The van der Waals surface area contributed by atoms with Crippen LogP contribution in [0, 0.1) is 11.3 Å². The predicted octanol–water partition coefficient (Wildman–Crippen LogP) is 3.35. The number of aliphatic hydroxyl groups excluding tert-OH is 1. The molecule has 1 unspecified atom stereocenters. The fraction of sp³-hybridized carbons (Fsp3) is 0.167. The molecule has 6 nitrogen and oxygen atoms in total. The first-order chi connectivity index (χ1) is 12.7. The zero-order chi connectivity index (χ0) is 17.9. The number of thioether (sulfide) groups is 1. The van der Waals surface area contributed by atoms with Gasteiger partial charge in [-0.15, -0.1) is 10.2 Å². The van der Waals surface area contributed by atoms with Crippen molar-refractivity contribution in [1.82, 2.24) is 14.6 Å². The highest BCUT2D eigenvalue weighted by molar-refractivity contribution is 7.99. The van der Waals surface area contributed by atoms with E-state index in [9.17, 15) is 5.11 Å². The summed E-state index contributed by atoms with van der Waals surface area (Å²) in [6.45, 7) is 0.172.